The zero-order valence-electron chi connectivity index (χ0n) is 10.6. The summed E-state index contributed by atoms with van der Waals surface area (Å²) in [7, 11) is 1.67. The first-order valence-electron chi connectivity index (χ1n) is 5.76. The van der Waals surface area contributed by atoms with Gasteiger partial charge < -0.3 is 4.74 Å². The van der Waals surface area contributed by atoms with Gasteiger partial charge in [-0.2, -0.15) is 0 Å². The van der Waals surface area contributed by atoms with Crippen LogP contribution in [0, 0.1) is 6.92 Å². The maximum absolute atomic E-state index is 6.08. The predicted molar refractivity (Wildman–Crippen MR) is 87.7 cm³/mol. The molecular formula is C15H13Br2ClO. The Labute approximate surface area is 135 Å². The second-order valence-corrected chi connectivity index (χ2v) is 6.46. The van der Waals surface area contributed by atoms with Crippen LogP contribution in [-0.2, 0) is 0 Å². The molecule has 0 aliphatic carbocycles. The van der Waals surface area contributed by atoms with E-state index in [0.717, 1.165) is 15.8 Å². The number of aryl methyl sites for hydroxylation is 1. The molecule has 0 bridgehead atoms. The van der Waals surface area contributed by atoms with Crippen LogP contribution in [0.4, 0.5) is 0 Å². The molecule has 19 heavy (non-hydrogen) atoms. The van der Waals surface area contributed by atoms with Crippen LogP contribution < -0.4 is 4.74 Å². The summed E-state index contributed by atoms with van der Waals surface area (Å²) in [4.78, 5) is 0.0490. The lowest BCUT2D eigenvalue weighted by Gasteiger charge is -2.16. The van der Waals surface area contributed by atoms with Gasteiger partial charge in [-0.15, -0.1) is 0 Å². The monoisotopic (exact) mass is 402 g/mol. The highest BCUT2D eigenvalue weighted by molar-refractivity contribution is 9.10. The molecule has 1 atom stereocenters. The molecule has 0 aliphatic rings. The third-order valence-electron chi connectivity index (χ3n) is 2.94. The number of methoxy groups -OCH3 is 1. The molecule has 100 valence electrons. The van der Waals surface area contributed by atoms with Crippen molar-refractivity contribution in [1.82, 2.24) is 0 Å². The highest BCUT2D eigenvalue weighted by Crippen LogP contribution is 2.38. The molecule has 2 aromatic rings. The SMILES string of the molecule is COc1ccc(Cl)cc1C(Br)c1ccc(Br)c(C)c1. The Hall–Kier alpha value is -0.510. The summed E-state index contributed by atoms with van der Waals surface area (Å²) in [6.45, 7) is 2.07. The van der Waals surface area contributed by atoms with Gasteiger partial charge in [0.25, 0.3) is 0 Å². The summed E-state index contributed by atoms with van der Waals surface area (Å²) in [6.07, 6.45) is 0. The Bertz CT molecular complexity index is 599. The molecule has 0 saturated heterocycles. The van der Waals surface area contributed by atoms with Crippen molar-refractivity contribution in [2.24, 2.45) is 0 Å². The minimum atomic E-state index is 0.0490. The lowest BCUT2D eigenvalue weighted by molar-refractivity contribution is 0.410. The molecular weight excluding hydrogens is 391 g/mol. The quantitative estimate of drug-likeness (QED) is 0.579. The van der Waals surface area contributed by atoms with E-state index < -0.39 is 0 Å². The van der Waals surface area contributed by atoms with Crippen LogP contribution in [0.15, 0.2) is 40.9 Å². The first kappa shape index (κ1) is 14.9. The standard InChI is InChI=1S/C15H13Br2ClO/c1-9-7-10(3-5-13(9)16)15(17)12-8-11(18)4-6-14(12)19-2/h3-8,15H,1-2H3. The van der Waals surface area contributed by atoms with Crippen LogP contribution in [-0.4, -0.2) is 7.11 Å². The average Bonchev–Trinajstić information content (AvgIpc) is 2.41. The molecule has 0 radical (unpaired) electrons. The van der Waals surface area contributed by atoms with Crippen molar-refractivity contribution < 1.29 is 4.74 Å². The van der Waals surface area contributed by atoms with E-state index in [9.17, 15) is 0 Å². The molecule has 0 saturated carbocycles. The van der Waals surface area contributed by atoms with Gasteiger partial charge >= 0.3 is 0 Å². The second-order valence-electron chi connectivity index (χ2n) is 4.26. The minimum Gasteiger partial charge on any atom is -0.496 e. The van der Waals surface area contributed by atoms with Crippen LogP contribution in [0.5, 0.6) is 5.75 Å². The molecule has 2 rings (SSSR count). The van der Waals surface area contributed by atoms with Crippen molar-refractivity contribution in [2.75, 3.05) is 7.11 Å². The molecule has 0 spiro atoms. The molecule has 0 N–H and O–H groups in total. The van der Waals surface area contributed by atoms with Crippen molar-refractivity contribution in [3.8, 4) is 5.75 Å². The fourth-order valence-corrected chi connectivity index (χ4v) is 2.98. The van der Waals surface area contributed by atoms with Gasteiger partial charge in [-0.1, -0.05) is 55.6 Å². The van der Waals surface area contributed by atoms with E-state index in [-0.39, 0.29) is 4.83 Å². The van der Waals surface area contributed by atoms with E-state index in [1.807, 2.05) is 18.2 Å². The lowest BCUT2D eigenvalue weighted by Crippen LogP contribution is -1.97. The number of hydrogen-bond donors (Lipinski definition) is 0. The van der Waals surface area contributed by atoms with Gasteiger partial charge in [0.15, 0.2) is 0 Å². The highest BCUT2D eigenvalue weighted by atomic mass is 79.9. The summed E-state index contributed by atoms with van der Waals surface area (Å²) in [6, 6.07) is 11.9. The van der Waals surface area contributed by atoms with E-state index in [2.05, 4.69) is 57.0 Å². The van der Waals surface area contributed by atoms with E-state index in [0.29, 0.717) is 5.02 Å². The first-order chi connectivity index (χ1) is 9.02. The fraction of sp³-hybridized carbons (Fsp3) is 0.200. The molecule has 0 aromatic heterocycles. The number of rotatable bonds is 3. The number of halogens is 3. The zero-order valence-corrected chi connectivity index (χ0v) is 14.5. The van der Waals surface area contributed by atoms with Gasteiger partial charge in [0.1, 0.15) is 5.75 Å². The third-order valence-corrected chi connectivity index (χ3v) is 5.09. The number of benzene rings is 2. The summed E-state index contributed by atoms with van der Waals surface area (Å²) in [5, 5.41) is 0.703. The molecule has 1 unspecified atom stereocenters. The maximum Gasteiger partial charge on any atom is 0.123 e. The van der Waals surface area contributed by atoms with Crippen LogP contribution in [0.1, 0.15) is 21.5 Å². The van der Waals surface area contributed by atoms with Crippen molar-refractivity contribution >= 4 is 43.5 Å². The van der Waals surface area contributed by atoms with E-state index >= 15 is 0 Å². The topological polar surface area (TPSA) is 9.23 Å². The Morgan fingerprint density at radius 1 is 1.16 bits per heavy atom. The number of alkyl halides is 1. The zero-order chi connectivity index (χ0) is 14.0. The molecule has 0 aliphatic heterocycles. The fourth-order valence-electron chi connectivity index (χ4n) is 1.91. The van der Waals surface area contributed by atoms with Crippen LogP contribution in [0.2, 0.25) is 5.02 Å². The first-order valence-corrected chi connectivity index (χ1v) is 7.85. The third kappa shape index (κ3) is 3.33. The molecule has 4 heteroatoms. The largest absolute Gasteiger partial charge is 0.496 e. The van der Waals surface area contributed by atoms with E-state index in [4.69, 9.17) is 16.3 Å². The molecule has 2 aromatic carbocycles. The highest BCUT2D eigenvalue weighted by Gasteiger charge is 2.16. The smallest absolute Gasteiger partial charge is 0.123 e. The van der Waals surface area contributed by atoms with Crippen LogP contribution in [0.25, 0.3) is 0 Å². The van der Waals surface area contributed by atoms with Gasteiger partial charge in [-0.25, -0.2) is 0 Å². The maximum atomic E-state index is 6.08. The van der Waals surface area contributed by atoms with Gasteiger partial charge in [0.2, 0.25) is 0 Å². The van der Waals surface area contributed by atoms with Crippen LogP contribution in [0.3, 0.4) is 0 Å². The molecule has 0 fully saturated rings. The Kier molecular flexibility index (Phi) is 4.93. The lowest BCUT2D eigenvalue weighted by atomic mass is 10.0. The molecule has 0 heterocycles. The number of ether oxygens (including phenoxy) is 1. The van der Waals surface area contributed by atoms with Gasteiger partial charge in [0, 0.05) is 15.1 Å². The average molecular weight is 405 g/mol. The van der Waals surface area contributed by atoms with Gasteiger partial charge in [-0.05, 0) is 42.3 Å². The summed E-state index contributed by atoms with van der Waals surface area (Å²) in [5.74, 6) is 0.826. The van der Waals surface area contributed by atoms with Crippen molar-refractivity contribution in [1.29, 1.82) is 0 Å². The van der Waals surface area contributed by atoms with Crippen molar-refractivity contribution in [3.05, 3.63) is 62.6 Å². The summed E-state index contributed by atoms with van der Waals surface area (Å²) >= 11 is 13.3. The summed E-state index contributed by atoms with van der Waals surface area (Å²) < 4.78 is 6.50. The minimum absolute atomic E-state index is 0.0490. The molecule has 0 amide bonds. The van der Waals surface area contributed by atoms with Gasteiger partial charge in [0.05, 0.1) is 11.9 Å². The van der Waals surface area contributed by atoms with E-state index in [1.54, 1.807) is 7.11 Å². The Morgan fingerprint density at radius 3 is 2.53 bits per heavy atom. The van der Waals surface area contributed by atoms with E-state index in [1.165, 1.54) is 11.1 Å². The Morgan fingerprint density at radius 2 is 1.89 bits per heavy atom. The normalized spacial score (nSPS) is 12.3. The predicted octanol–water partition coefficient (Wildman–Crippen LogP) is 5.90. The van der Waals surface area contributed by atoms with Gasteiger partial charge in [-0.3, -0.25) is 0 Å². The van der Waals surface area contributed by atoms with Crippen molar-refractivity contribution in [3.63, 3.8) is 0 Å². The van der Waals surface area contributed by atoms with Crippen molar-refractivity contribution in [2.45, 2.75) is 11.8 Å². The summed E-state index contributed by atoms with van der Waals surface area (Å²) in [5.41, 5.74) is 3.39. The van der Waals surface area contributed by atoms with Crippen LogP contribution >= 0.6 is 43.5 Å². The number of hydrogen-bond acceptors (Lipinski definition) is 1. The Balaban J connectivity index is 2.45. The molecule has 1 nitrogen and oxygen atoms in total. The second kappa shape index (κ2) is 6.29.